The Kier molecular flexibility index (Phi) is 7.80. The van der Waals surface area contributed by atoms with Crippen molar-refractivity contribution in [2.24, 2.45) is 0 Å². The number of carbonyl (C=O) groups is 1. The van der Waals surface area contributed by atoms with Crippen LogP contribution in [-0.2, 0) is 4.74 Å². The molecule has 3 aromatic rings. The minimum Gasteiger partial charge on any atom is -0.495 e. The number of carbonyl (C=O) groups excluding carboxylic acids is 1. The molecule has 3 N–H and O–H groups in total. The molecule has 0 radical (unpaired) electrons. The van der Waals surface area contributed by atoms with Crippen LogP contribution in [0.5, 0.6) is 5.75 Å². The monoisotopic (exact) mass is 533 g/mol. The number of benzene rings is 1. The van der Waals surface area contributed by atoms with E-state index in [0.29, 0.717) is 28.6 Å². The molecule has 206 valence electrons. The number of aliphatic hydroxyl groups is 1. The molecule has 1 aliphatic heterocycles. The van der Waals surface area contributed by atoms with Gasteiger partial charge in [-0.05, 0) is 44.0 Å². The fourth-order valence-corrected chi connectivity index (χ4v) is 5.56. The maximum absolute atomic E-state index is 12.9. The van der Waals surface area contributed by atoms with Gasteiger partial charge in [0.05, 0.1) is 30.7 Å². The summed E-state index contributed by atoms with van der Waals surface area (Å²) in [5.41, 5.74) is 3.24. The number of hydrogen-bond acceptors (Lipinski definition) is 10. The lowest BCUT2D eigenvalue weighted by Crippen LogP contribution is -2.42. The number of esters is 1. The van der Waals surface area contributed by atoms with Crippen LogP contribution in [-0.4, -0.2) is 57.4 Å². The molecule has 0 spiro atoms. The van der Waals surface area contributed by atoms with Crippen molar-refractivity contribution in [3.63, 3.8) is 0 Å². The lowest BCUT2D eigenvalue weighted by Gasteiger charge is -2.42. The molecular weight excluding hydrogens is 498 g/mol. The van der Waals surface area contributed by atoms with E-state index in [1.54, 1.807) is 38.8 Å². The number of aromatic nitrogens is 4. The molecule has 2 atom stereocenters. The number of fused-ring (bicyclic) bond motifs is 3. The summed E-state index contributed by atoms with van der Waals surface area (Å²) in [6, 6.07) is 5.59. The van der Waals surface area contributed by atoms with E-state index < -0.39 is 12.2 Å². The van der Waals surface area contributed by atoms with Gasteiger partial charge in [-0.1, -0.05) is 38.5 Å². The van der Waals surface area contributed by atoms with Crippen molar-refractivity contribution in [1.82, 2.24) is 24.8 Å². The smallest absolute Gasteiger partial charge is 0.359 e. The van der Waals surface area contributed by atoms with E-state index in [0.717, 1.165) is 49.3 Å². The first-order chi connectivity index (χ1) is 19.0. The van der Waals surface area contributed by atoms with Crippen LogP contribution in [0.4, 0.5) is 17.5 Å². The van der Waals surface area contributed by atoms with Crippen LogP contribution in [0.3, 0.4) is 0 Å². The molecular formula is C28H35N7O4. The Balaban J connectivity index is 1.56. The molecule has 0 amide bonds. The zero-order chi connectivity index (χ0) is 27.5. The average molecular weight is 534 g/mol. The van der Waals surface area contributed by atoms with E-state index in [-0.39, 0.29) is 18.7 Å². The number of imidazole rings is 1. The number of anilines is 3. The molecule has 3 heterocycles. The normalized spacial score (nSPS) is 17.3. The predicted octanol–water partition coefficient (Wildman–Crippen LogP) is 4.18. The Morgan fingerprint density at radius 2 is 2.10 bits per heavy atom. The van der Waals surface area contributed by atoms with Gasteiger partial charge in [0.1, 0.15) is 30.6 Å². The number of ether oxygens (including phenoxy) is 2. The molecule has 1 unspecified atom stereocenters. The lowest BCUT2D eigenvalue weighted by atomic mass is 10.00. The Morgan fingerprint density at radius 3 is 2.79 bits per heavy atom. The highest BCUT2D eigenvalue weighted by Crippen LogP contribution is 2.45. The fraction of sp³-hybridized carbons (Fsp3) is 0.429. The summed E-state index contributed by atoms with van der Waals surface area (Å²) < 4.78 is 12.8. The van der Waals surface area contributed by atoms with Gasteiger partial charge in [-0.2, -0.15) is 4.98 Å². The molecule has 1 fully saturated rings. The molecule has 1 aromatic carbocycles. The molecule has 0 saturated heterocycles. The zero-order valence-corrected chi connectivity index (χ0v) is 22.6. The largest absolute Gasteiger partial charge is 0.495 e. The van der Waals surface area contributed by atoms with Gasteiger partial charge in [-0.25, -0.2) is 14.8 Å². The highest BCUT2D eigenvalue weighted by molar-refractivity contribution is 5.90. The van der Waals surface area contributed by atoms with Gasteiger partial charge >= 0.3 is 5.97 Å². The first kappa shape index (κ1) is 26.6. The summed E-state index contributed by atoms with van der Waals surface area (Å²) >= 11 is 0. The zero-order valence-electron chi connectivity index (χ0n) is 22.6. The Labute approximate surface area is 227 Å². The minimum atomic E-state index is -0.804. The highest BCUT2D eigenvalue weighted by atomic mass is 16.5. The summed E-state index contributed by atoms with van der Waals surface area (Å²) in [5.74, 6) is 1.31. The summed E-state index contributed by atoms with van der Waals surface area (Å²) in [7, 11) is 3.26. The van der Waals surface area contributed by atoms with Crippen LogP contribution in [0.25, 0.3) is 5.69 Å². The molecule has 5 rings (SSSR count). The number of rotatable bonds is 10. The maximum Gasteiger partial charge on any atom is 0.359 e. The molecule has 0 bridgehead atoms. The SMILES string of the molecule is C=CCOC(=O)c1ncn2c1[C@@H](CC)N(C1CCCC1)c1nc(Nc3ccc(C(O)NC)cc3OC)ncc1-2. The van der Waals surface area contributed by atoms with Crippen LogP contribution < -0.4 is 20.3 Å². The summed E-state index contributed by atoms with van der Waals surface area (Å²) in [4.78, 5) is 29.3. The molecule has 39 heavy (non-hydrogen) atoms. The van der Waals surface area contributed by atoms with Gasteiger partial charge < -0.3 is 24.8 Å². The van der Waals surface area contributed by atoms with Crippen LogP contribution in [0.2, 0.25) is 0 Å². The first-order valence-corrected chi connectivity index (χ1v) is 13.3. The van der Waals surface area contributed by atoms with Gasteiger partial charge in [0, 0.05) is 6.04 Å². The van der Waals surface area contributed by atoms with Crippen LogP contribution in [0, 0.1) is 0 Å². The highest BCUT2D eigenvalue weighted by Gasteiger charge is 2.40. The summed E-state index contributed by atoms with van der Waals surface area (Å²) in [6.45, 7) is 5.87. The maximum atomic E-state index is 12.9. The molecule has 11 nitrogen and oxygen atoms in total. The molecule has 1 saturated carbocycles. The van der Waals surface area contributed by atoms with E-state index >= 15 is 0 Å². The average Bonchev–Trinajstić information content (AvgIpc) is 3.65. The Morgan fingerprint density at radius 1 is 1.31 bits per heavy atom. The quantitative estimate of drug-likeness (QED) is 0.198. The van der Waals surface area contributed by atoms with E-state index in [2.05, 4.69) is 39.0 Å². The summed E-state index contributed by atoms with van der Waals surface area (Å²) in [5, 5.41) is 16.2. The second-order valence-electron chi connectivity index (χ2n) is 9.68. The van der Waals surface area contributed by atoms with E-state index in [1.165, 1.54) is 0 Å². The first-order valence-electron chi connectivity index (χ1n) is 13.3. The second kappa shape index (κ2) is 11.4. The number of hydrogen-bond donors (Lipinski definition) is 3. The number of aliphatic hydroxyl groups excluding tert-OH is 1. The predicted molar refractivity (Wildman–Crippen MR) is 148 cm³/mol. The fourth-order valence-electron chi connectivity index (χ4n) is 5.56. The lowest BCUT2D eigenvalue weighted by molar-refractivity contribution is 0.0541. The van der Waals surface area contributed by atoms with E-state index in [9.17, 15) is 9.90 Å². The van der Waals surface area contributed by atoms with Gasteiger partial charge in [0.2, 0.25) is 5.95 Å². The standard InChI is InChI=1S/C28H35N7O4/c1-5-13-39-27(37)23-24-20(6-2)35(18-9-7-8-10-18)25-21(34(24)16-31-23)15-30-28(33-25)32-19-12-11-17(26(36)29-3)14-22(19)38-4/h5,11-12,14-16,18,20,26,29,36H,1,6-10,13H2,2-4H3,(H,30,32,33)/t20-,26?/m1/s1. The molecule has 2 aromatic heterocycles. The molecule has 2 aliphatic rings. The van der Waals surface area contributed by atoms with Crippen LogP contribution >= 0.6 is 0 Å². The van der Waals surface area contributed by atoms with Crippen molar-refractivity contribution >= 4 is 23.4 Å². The van der Waals surface area contributed by atoms with Gasteiger partial charge in [0.25, 0.3) is 0 Å². The van der Waals surface area contributed by atoms with Gasteiger partial charge in [-0.3, -0.25) is 9.88 Å². The summed E-state index contributed by atoms with van der Waals surface area (Å²) in [6.07, 6.45) is 9.32. The molecule has 1 aliphatic carbocycles. The second-order valence-corrected chi connectivity index (χ2v) is 9.68. The van der Waals surface area contributed by atoms with Crippen molar-refractivity contribution in [3.05, 3.63) is 60.3 Å². The van der Waals surface area contributed by atoms with Crippen molar-refractivity contribution in [1.29, 1.82) is 0 Å². The third-order valence-electron chi connectivity index (χ3n) is 7.40. The van der Waals surface area contributed by atoms with Gasteiger partial charge in [0.15, 0.2) is 11.5 Å². The third kappa shape index (κ3) is 4.95. The Hall–Kier alpha value is -3.96. The van der Waals surface area contributed by atoms with Crippen LogP contribution in [0.15, 0.2) is 43.4 Å². The van der Waals surface area contributed by atoms with Gasteiger partial charge in [-0.15, -0.1) is 0 Å². The Bertz CT molecular complexity index is 1350. The molecule has 11 heteroatoms. The van der Waals surface area contributed by atoms with Crippen molar-refractivity contribution in [2.45, 2.75) is 57.3 Å². The van der Waals surface area contributed by atoms with Crippen molar-refractivity contribution < 1.29 is 19.4 Å². The van der Waals surface area contributed by atoms with E-state index in [4.69, 9.17) is 14.5 Å². The topological polar surface area (TPSA) is 127 Å². The minimum absolute atomic E-state index is 0.103. The van der Waals surface area contributed by atoms with E-state index in [1.807, 2.05) is 16.7 Å². The van der Waals surface area contributed by atoms with Crippen molar-refractivity contribution in [2.75, 3.05) is 31.0 Å². The van der Waals surface area contributed by atoms with Crippen molar-refractivity contribution in [3.8, 4) is 11.4 Å². The van der Waals surface area contributed by atoms with Crippen LogP contribution in [0.1, 0.15) is 73.0 Å². The third-order valence-corrected chi connectivity index (χ3v) is 7.40. The number of nitrogens with zero attached hydrogens (tertiary/aromatic N) is 5. The number of methoxy groups -OCH3 is 1. The number of nitrogens with one attached hydrogen (secondary N) is 2.